The minimum atomic E-state index is -0.266. The summed E-state index contributed by atoms with van der Waals surface area (Å²) in [6, 6.07) is 20.1. The molecule has 0 saturated carbocycles. The molecule has 0 atom stereocenters. The number of anilines is 2. The summed E-state index contributed by atoms with van der Waals surface area (Å²) in [5.74, 6) is 0.175. The summed E-state index contributed by atoms with van der Waals surface area (Å²) in [5, 5.41) is 4.89. The normalized spacial score (nSPS) is 12.5. The van der Waals surface area contributed by atoms with Crippen LogP contribution in [0.3, 0.4) is 0 Å². The fourth-order valence-corrected chi connectivity index (χ4v) is 4.78. The SMILES string of the molecule is COc1ccccc1C(=O)Nc1ccc(C(=O)N2Cc3cccn3Cc3sccc32)cc1. The van der Waals surface area contributed by atoms with Crippen molar-refractivity contribution in [3.8, 4) is 5.75 Å². The first-order valence-electron chi connectivity index (χ1n) is 10.2. The Morgan fingerprint density at radius 1 is 0.969 bits per heavy atom. The van der Waals surface area contributed by atoms with E-state index in [1.165, 1.54) is 7.11 Å². The van der Waals surface area contributed by atoms with Crippen molar-refractivity contribution >= 4 is 34.5 Å². The summed E-state index contributed by atoms with van der Waals surface area (Å²) >= 11 is 1.66. The van der Waals surface area contributed by atoms with Gasteiger partial charge in [0.1, 0.15) is 5.75 Å². The molecule has 0 bridgehead atoms. The lowest BCUT2D eigenvalue weighted by atomic mass is 10.1. The number of carbonyl (C=O) groups is 2. The van der Waals surface area contributed by atoms with E-state index in [0.717, 1.165) is 22.8 Å². The second-order valence-corrected chi connectivity index (χ2v) is 8.48. The number of fused-ring (bicyclic) bond motifs is 2. The molecule has 4 aromatic rings. The van der Waals surface area contributed by atoms with Gasteiger partial charge in [0.25, 0.3) is 11.8 Å². The number of hydrogen-bond acceptors (Lipinski definition) is 4. The van der Waals surface area contributed by atoms with Gasteiger partial charge in [0.2, 0.25) is 0 Å². The van der Waals surface area contributed by atoms with Crippen LogP contribution in [0.5, 0.6) is 5.75 Å². The Bertz CT molecular complexity index is 1290. The van der Waals surface area contributed by atoms with Gasteiger partial charge in [-0.2, -0.15) is 0 Å². The summed E-state index contributed by atoms with van der Waals surface area (Å²) in [5.41, 5.74) is 3.68. The summed E-state index contributed by atoms with van der Waals surface area (Å²) in [7, 11) is 1.53. The molecule has 1 aliphatic heterocycles. The largest absolute Gasteiger partial charge is 0.496 e. The number of nitrogens with one attached hydrogen (secondary N) is 1. The Hall–Kier alpha value is -3.84. The van der Waals surface area contributed by atoms with Crippen LogP contribution in [-0.2, 0) is 13.1 Å². The third-order valence-corrected chi connectivity index (χ3v) is 6.45. The highest BCUT2D eigenvalue weighted by Crippen LogP contribution is 2.33. The predicted molar refractivity (Wildman–Crippen MR) is 126 cm³/mol. The van der Waals surface area contributed by atoms with Gasteiger partial charge in [-0.15, -0.1) is 11.3 Å². The molecule has 7 heteroatoms. The van der Waals surface area contributed by atoms with E-state index in [-0.39, 0.29) is 11.8 Å². The smallest absolute Gasteiger partial charge is 0.259 e. The molecule has 0 fully saturated rings. The molecule has 1 aliphatic rings. The summed E-state index contributed by atoms with van der Waals surface area (Å²) in [6.07, 6.45) is 2.05. The van der Waals surface area contributed by atoms with E-state index >= 15 is 0 Å². The number of methoxy groups -OCH3 is 1. The van der Waals surface area contributed by atoms with E-state index in [2.05, 4.69) is 9.88 Å². The average Bonchev–Trinajstić information content (AvgIpc) is 3.44. The third-order valence-electron chi connectivity index (χ3n) is 5.56. The van der Waals surface area contributed by atoms with Crippen LogP contribution in [0.1, 0.15) is 31.3 Å². The number of benzene rings is 2. The van der Waals surface area contributed by atoms with Gasteiger partial charge >= 0.3 is 0 Å². The number of aromatic nitrogens is 1. The van der Waals surface area contributed by atoms with Crippen molar-refractivity contribution in [1.82, 2.24) is 4.57 Å². The molecule has 1 N–H and O–H groups in total. The van der Waals surface area contributed by atoms with Crippen molar-refractivity contribution in [3.63, 3.8) is 0 Å². The zero-order chi connectivity index (χ0) is 22.1. The van der Waals surface area contributed by atoms with Crippen molar-refractivity contribution in [2.75, 3.05) is 17.3 Å². The lowest BCUT2D eigenvalue weighted by Crippen LogP contribution is -2.30. The van der Waals surface area contributed by atoms with E-state index in [4.69, 9.17) is 4.74 Å². The Balaban J connectivity index is 1.36. The molecular weight excluding hydrogens is 422 g/mol. The first kappa shape index (κ1) is 20.1. The summed E-state index contributed by atoms with van der Waals surface area (Å²) in [6.45, 7) is 1.29. The molecule has 0 spiro atoms. The van der Waals surface area contributed by atoms with Crippen molar-refractivity contribution in [3.05, 3.63) is 100 Å². The summed E-state index contributed by atoms with van der Waals surface area (Å²) < 4.78 is 7.44. The van der Waals surface area contributed by atoms with Crippen molar-refractivity contribution in [1.29, 1.82) is 0 Å². The number of rotatable bonds is 4. The van der Waals surface area contributed by atoms with Gasteiger partial charge in [-0.3, -0.25) is 9.59 Å². The zero-order valence-corrected chi connectivity index (χ0v) is 18.3. The van der Waals surface area contributed by atoms with Gasteiger partial charge in [0, 0.05) is 28.0 Å². The van der Waals surface area contributed by atoms with Crippen molar-refractivity contribution < 1.29 is 14.3 Å². The predicted octanol–water partition coefficient (Wildman–Crippen LogP) is 5.02. The quantitative estimate of drug-likeness (QED) is 0.482. The number of thiophene rings is 1. The monoisotopic (exact) mass is 443 g/mol. The van der Waals surface area contributed by atoms with E-state index in [9.17, 15) is 9.59 Å². The van der Waals surface area contributed by atoms with E-state index in [0.29, 0.717) is 29.1 Å². The van der Waals surface area contributed by atoms with Crippen LogP contribution < -0.4 is 15.0 Å². The zero-order valence-electron chi connectivity index (χ0n) is 17.4. The second kappa shape index (κ2) is 8.36. The van der Waals surface area contributed by atoms with Gasteiger partial charge in [0.15, 0.2) is 0 Å². The molecule has 3 heterocycles. The van der Waals surface area contributed by atoms with Crippen LogP contribution in [-0.4, -0.2) is 23.5 Å². The molecular formula is C25H21N3O3S. The Labute approximate surface area is 189 Å². The Morgan fingerprint density at radius 2 is 1.78 bits per heavy atom. The number of carbonyl (C=O) groups excluding carboxylic acids is 2. The van der Waals surface area contributed by atoms with Crippen LogP contribution >= 0.6 is 11.3 Å². The van der Waals surface area contributed by atoms with E-state index in [1.807, 2.05) is 40.7 Å². The first-order valence-corrected chi connectivity index (χ1v) is 11.1. The molecule has 32 heavy (non-hydrogen) atoms. The molecule has 0 unspecified atom stereocenters. The van der Waals surface area contributed by atoms with E-state index in [1.54, 1.807) is 53.8 Å². The topological polar surface area (TPSA) is 63.6 Å². The number of hydrogen-bond donors (Lipinski definition) is 1. The molecule has 2 aromatic carbocycles. The van der Waals surface area contributed by atoms with Crippen LogP contribution in [0, 0.1) is 0 Å². The molecule has 5 rings (SSSR count). The molecule has 2 aromatic heterocycles. The molecule has 0 saturated heterocycles. The minimum Gasteiger partial charge on any atom is -0.496 e. The maximum atomic E-state index is 13.4. The van der Waals surface area contributed by atoms with Gasteiger partial charge in [-0.1, -0.05) is 12.1 Å². The van der Waals surface area contributed by atoms with Crippen molar-refractivity contribution in [2.45, 2.75) is 13.1 Å². The molecule has 6 nitrogen and oxygen atoms in total. The fourth-order valence-electron chi connectivity index (χ4n) is 3.91. The standard InChI is InChI=1S/C25H21N3O3S/c1-31-22-7-3-2-6-20(22)24(29)26-18-10-8-17(9-11-18)25(30)28-15-19-5-4-13-27(19)16-23-21(28)12-14-32-23/h2-14H,15-16H2,1H3,(H,26,29). The second-order valence-electron chi connectivity index (χ2n) is 7.48. The first-order chi connectivity index (χ1) is 15.6. The van der Waals surface area contributed by atoms with Gasteiger partial charge in [-0.05, 0) is 60.0 Å². The van der Waals surface area contributed by atoms with Gasteiger partial charge in [0.05, 0.1) is 31.5 Å². The molecule has 160 valence electrons. The van der Waals surface area contributed by atoms with E-state index < -0.39 is 0 Å². The number of para-hydroxylation sites is 1. The highest BCUT2D eigenvalue weighted by Gasteiger charge is 2.25. The fraction of sp³-hybridized carbons (Fsp3) is 0.120. The van der Waals surface area contributed by atoms with Crippen molar-refractivity contribution in [2.24, 2.45) is 0 Å². The van der Waals surface area contributed by atoms with Crippen LogP contribution in [0.15, 0.2) is 78.3 Å². The minimum absolute atomic E-state index is 0.0677. The number of amides is 2. The maximum Gasteiger partial charge on any atom is 0.259 e. The van der Waals surface area contributed by atoms with Crippen LogP contribution in [0.25, 0.3) is 0 Å². The van der Waals surface area contributed by atoms with Crippen LogP contribution in [0.2, 0.25) is 0 Å². The molecule has 0 aliphatic carbocycles. The molecule has 0 radical (unpaired) electrons. The lowest BCUT2D eigenvalue weighted by molar-refractivity contribution is 0.0983. The number of nitrogens with zero attached hydrogens (tertiary/aromatic N) is 2. The maximum absolute atomic E-state index is 13.4. The highest BCUT2D eigenvalue weighted by molar-refractivity contribution is 7.10. The van der Waals surface area contributed by atoms with Crippen LogP contribution in [0.4, 0.5) is 11.4 Å². The lowest BCUT2D eigenvalue weighted by Gasteiger charge is -2.21. The Kier molecular flexibility index (Phi) is 5.25. The average molecular weight is 444 g/mol. The van der Waals surface area contributed by atoms with Gasteiger partial charge < -0.3 is 19.5 Å². The van der Waals surface area contributed by atoms with Gasteiger partial charge in [-0.25, -0.2) is 0 Å². The highest BCUT2D eigenvalue weighted by atomic mass is 32.1. The molecule has 2 amide bonds. The Morgan fingerprint density at radius 3 is 2.59 bits per heavy atom. The summed E-state index contributed by atoms with van der Waals surface area (Å²) in [4.78, 5) is 29.0. The third kappa shape index (κ3) is 3.67. The number of ether oxygens (including phenoxy) is 1.